The average Bonchev–Trinajstić information content (AvgIpc) is 3.09. The fourth-order valence-corrected chi connectivity index (χ4v) is 1.95. The molecule has 3 aromatic rings. The molecule has 0 unspecified atom stereocenters. The van der Waals surface area contributed by atoms with Crippen LogP contribution in [0.25, 0.3) is 11.5 Å². The normalized spacial score (nSPS) is 10.3. The SMILES string of the molecule is N#Cc1ccccc1Cn1ccc(-c2ccco2)n1. The lowest BCUT2D eigenvalue weighted by Crippen LogP contribution is -2.02. The summed E-state index contributed by atoms with van der Waals surface area (Å²) in [4.78, 5) is 0. The van der Waals surface area contributed by atoms with Crippen LogP contribution in [-0.2, 0) is 6.54 Å². The molecule has 1 aromatic carbocycles. The summed E-state index contributed by atoms with van der Waals surface area (Å²) in [6.07, 6.45) is 3.51. The van der Waals surface area contributed by atoms with Gasteiger partial charge < -0.3 is 4.42 Å². The van der Waals surface area contributed by atoms with Crippen LogP contribution in [0.4, 0.5) is 0 Å². The number of hydrogen-bond acceptors (Lipinski definition) is 3. The van der Waals surface area contributed by atoms with E-state index in [1.807, 2.05) is 48.7 Å². The molecule has 0 spiro atoms. The highest BCUT2D eigenvalue weighted by Crippen LogP contribution is 2.17. The van der Waals surface area contributed by atoms with Crippen molar-refractivity contribution in [2.45, 2.75) is 6.54 Å². The first kappa shape index (κ1) is 11.3. The summed E-state index contributed by atoms with van der Waals surface area (Å²) in [7, 11) is 0. The molecule has 4 nitrogen and oxygen atoms in total. The summed E-state index contributed by atoms with van der Waals surface area (Å²) < 4.78 is 7.10. The van der Waals surface area contributed by atoms with Crippen molar-refractivity contribution < 1.29 is 4.42 Å². The molecular formula is C15H11N3O. The third-order valence-electron chi connectivity index (χ3n) is 2.88. The molecule has 0 aliphatic heterocycles. The minimum absolute atomic E-state index is 0.574. The van der Waals surface area contributed by atoms with Gasteiger partial charge in [0.05, 0.1) is 24.4 Å². The van der Waals surface area contributed by atoms with Crippen molar-refractivity contribution in [3.8, 4) is 17.5 Å². The summed E-state index contributed by atoms with van der Waals surface area (Å²) >= 11 is 0. The summed E-state index contributed by atoms with van der Waals surface area (Å²) in [6, 6.07) is 15.3. The molecule has 0 fully saturated rings. The maximum atomic E-state index is 9.06. The number of nitriles is 1. The van der Waals surface area contributed by atoms with Crippen LogP contribution in [0.2, 0.25) is 0 Å². The Hall–Kier alpha value is -2.80. The Bertz CT molecular complexity index is 720. The zero-order valence-electron chi connectivity index (χ0n) is 10.2. The largest absolute Gasteiger partial charge is 0.463 e. The first-order chi connectivity index (χ1) is 9.36. The lowest BCUT2D eigenvalue weighted by Gasteiger charge is -2.03. The van der Waals surface area contributed by atoms with Gasteiger partial charge in [0, 0.05) is 6.20 Å². The van der Waals surface area contributed by atoms with Crippen molar-refractivity contribution in [3.63, 3.8) is 0 Å². The summed E-state index contributed by atoms with van der Waals surface area (Å²) in [5.74, 6) is 0.743. The van der Waals surface area contributed by atoms with E-state index in [4.69, 9.17) is 9.68 Å². The molecule has 0 atom stereocenters. The van der Waals surface area contributed by atoms with Crippen LogP contribution in [0.3, 0.4) is 0 Å². The molecule has 0 saturated carbocycles. The number of furan rings is 1. The van der Waals surface area contributed by atoms with Crippen LogP contribution in [-0.4, -0.2) is 9.78 Å². The Balaban J connectivity index is 1.87. The van der Waals surface area contributed by atoms with Crippen molar-refractivity contribution in [3.05, 3.63) is 66.1 Å². The van der Waals surface area contributed by atoms with Gasteiger partial charge in [0.2, 0.25) is 0 Å². The standard InChI is InChI=1S/C15H11N3O/c16-10-12-4-1-2-5-13(12)11-18-8-7-14(17-18)15-6-3-9-19-15/h1-9H,11H2. The minimum Gasteiger partial charge on any atom is -0.463 e. The molecule has 0 N–H and O–H groups in total. The van der Waals surface area contributed by atoms with Gasteiger partial charge in [-0.1, -0.05) is 18.2 Å². The molecule has 3 rings (SSSR count). The Kier molecular flexibility index (Phi) is 2.87. The van der Waals surface area contributed by atoms with Gasteiger partial charge in [-0.15, -0.1) is 0 Å². The summed E-state index contributed by atoms with van der Waals surface area (Å²) in [6.45, 7) is 0.574. The molecule has 2 aromatic heterocycles. The van der Waals surface area contributed by atoms with Gasteiger partial charge >= 0.3 is 0 Å². The van der Waals surface area contributed by atoms with Crippen molar-refractivity contribution in [2.24, 2.45) is 0 Å². The first-order valence-electron chi connectivity index (χ1n) is 5.92. The topological polar surface area (TPSA) is 54.8 Å². The third kappa shape index (κ3) is 2.26. The molecule has 0 radical (unpaired) electrons. The third-order valence-corrected chi connectivity index (χ3v) is 2.88. The van der Waals surface area contributed by atoms with Crippen molar-refractivity contribution in [1.82, 2.24) is 9.78 Å². The lowest BCUT2D eigenvalue weighted by molar-refractivity contribution is 0.576. The highest BCUT2D eigenvalue weighted by molar-refractivity contribution is 5.50. The van der Waals surface area contributed by atoms with E-state index >= 15 is 0 Å². The summed E-state index contributed by atoms with van der Waals surface area (Å²) in [5.41, 5.74) is 2.43. The van der Waals surface area contributed by atoms with Gasteiger partial charge in [-0.25, -0.2) is 0 Å². The molecular weight excluding hydrogens is 238 g/mol. The molecule has 92 valence electrons. The van der Waals surface area contributed by atoms with E-state index in [2.05, 4.69) is 11.2 Å². The van der Waals surface area contributed by atoms with Gasteiger partial charge in [-0.05, 0) is 29.8 Å². The van der Waals surface area contributed by atoms with Crippen molar-refractivity contribution in [1.29, 1.82) is 5.26 Å². The van der Waals surface area contributed by atoms with Crippen LogP contribution in [0, 0.1) is 11.3 Å². The number of aromatic nitrogens is 2. The average molecular weight is 249 g/mol. The maximum Gasteiger partial charge on any atom is 0.154 e. The Labute approximate surface area is 110 Å². The van der Waals surface area contributed by atoms with Gasteiger partial charge in [-0.3, -0.25) is 4.68 Å². The number of benzene rings is 1. The smallest absolute Gasteiger partial charge is 0.154 e. The Morgan fingerprint density at radius 1 is 1.16 bits per heavy atom. The predicted octanol–water partition coefficient (Wildman–Crippen LogP) is 3.06. The Morgan fingerprint density at radius 3 is 2.84 bits per heavy atom. The molecule has 0 bridgehead atoms. The van der Waals surface area contributed by atoms with Gasteiger partial charge in [0.25, 0.3) is 0 Å². The molecule has 2 heterocycles. The van der Waals surface area contributed by atoms with Crippen molar-refractivity contribution >= 4 is 0 Å². The molecule has 4 heteroatoms. The zero-order valence-corrected chi connectivity index (χ0v) is 10.2. The highest BCUT2D eigenvalue weighted by atomic mass is 16.3. The van der Waals surface area contributed by atoms with E-state index in [1.54, 1.807) is 10.9 Å². The zero-order chi connectivity index (χ0) is 13.1. The molecule has 0 amide bonds. The second-order valence-electron chi connectivity index (χ2n) is 4.14. The van der Waals surface area contributed by atoms with Crippen LogP contribution in [0.5, 0.6) is 0 Å². The Morgan fingerprint density at radius 2 is 2.05 bits per heavy atom. The molecule has 19 heavy (non-hydrogen) atoms. The minimum atomic E-state index is 0.574. The molecule has 0 saturated heterocycles. The number of rotatable bonds is 3. The fourth-order valence-electron chi connectivity index (χ4n) is 1.95. The van der Waals surface area contributed by atoms with E-state index in [9.17, 15) is 0 Å². The molecule has 0 aliphatic rings. The fraction of sp³-hybridized carbons (Fsp3) is 0.0667. The van der Waals surface area contributed by atoms with E-state index in [0.29, 0.717) is 12.1 Å². The van der Waals surface area contributed by atoms with E-state index in [1.165, 1.54) is 0 Å². The maximum absolute atomic E-state index is 9.06. The lowest BCUT2D eigenvalue weighted by atomic mass is 10.1. The van der Waals surface area contributed by atoms with Gasteiger partial charge in [0.15, 0.2) is 5.76 Å². The predicted molar refractivity (Wildman–Crippen MR) is 70.2 cm³/mol. The number of hydrogen-bond donors (Lipinski definition) is 0. The van der Waals surface area contributed by atoms with Crippen LogP contribution in [0.1, 0.15) is 11.1 Å². The quantitative estimate of drug-likeness (QED) is 0.716. The van der Waals surface area contributed by atoms with Crippen LogP contribution < -0.4 is 0 Å². The van der Waals surface area contributed by atoms with Crippen LogP contribution in [0.15, 0.2) is 59.3 Å². The second-order valence-corrected chi connectivity index (χ2v) is 4.14. The summed E-state index contributed by atoms with van der Waals surface area (Å²) in [5, 5.41) is 13.5. The van der Waals surface area contributed by atoms with Crippen molar-refractivity contribution in [2.75, 3.05) is 0 Å². The van der Waals surface area contributed by atoms with Crippen LogP contribution >= 0.6 is 0 Å². The molecule has 0 aliphatic carbocycles. The monoisotopic (exact) mass is 249 g/mol. The first-order valence-corrected chi connectivity index (χ1v) is 5.92. The van der Waals surface area contributed by atoms with E-state index in [0.717, 1.165) is 17.0 Å². The van der Waals surface area contributed by atoms with Gasteiger partial charge in [-0.2, -0.15) is 10.4 Å². The second kappa shape index (κ2) is 4.83. The number of nitrogens with zero attached hydrogens (tertiary/aromatic N) is 3. The van der Waals surface area contributed by atoms with Gasteiger partial charge in [0.1, 0.15) is 5.69 Å². The highest BCUT2D eigenvalue weighted by Gasteiger charge is 2.06. The van der Waals surface area contributed by atoms with E-state index in [-0.39, 0.29) is 0 Å². The van der Waals surface area contributed by atoms with E-state index < -0.39 is 0 Å².